The summed E-state index contributed by atoms with van der Waals surface area (Å²) >= 11 is 0. The number of Topliss-reactive ketones (excluding diaryl/α,β-unsaturated/α-hetero) is 1. The van der Waals surface area contributed by atoms with Gasteiger partial charge in [0.05, 0.1) is 5.56 Å². The molecule has 1 atom stereocenters. The summed E-state index contributed by atoms with van der Waals surface area (Å²) in [5, 5.41) is 0. The molecule has 2 aromatic carbocycles. The molecule has 110 valence electrons. The molecule has 0 aromatic heterocycles. The van der Waals surface area contributed by atoms with Crippen LogP contribution in [0.3, 0.4) is 0 Å². The molecule has 0 aliphatic carbocycles. The molecule has 0 spiro atoms. The zero-order valence-electron chi connectivity index (χ0n) is 10.9. The van der Waals surface area contributed by atoms with Crippen LogP contribution in [0.1, 0.15) is 17.3 Å². The molecule has 1 unspecified atom stereocenters. The third-order valence-electron chi connectivity index (χ3n) is 2.71. The second kappa shape index (κ2) is 5.95. The normalized spacial score (nSPS) is 12.0. The smallest absolute Gasteiger partial charge is 0.205 e. The largest absolute Gasteiger partial charge is 0.482 e. The van der Waals surface area contributed by atoms with Crippen LogP contribution in [-0.4, -0.2) is 11.9 Å². The van der Waals surface area contributed by atoms with Gasteiger partial charge in [0.1, 0.15) is 29.0 Å². The minimum Gasteiger partial charge on any atom is -0.482 e. The van der Waals surface area contributed by atoms with Gasteiger partial charge in [0.15, 0.2) is 6.10 Å². The molecule has 21 heavy (non-hydrogen) atoms. The predicted molar refractivity (Wildman–Crippen MR) is 67.1 cm³/mol. The highest BCUT2D eigenvalue weighted by atomic mass is 19.1. The molecular weight excluding hydrogens is 288 g/mol. The molecule has 0 aliphatic heterocycles. The fourth-order valence-corrected chi connectivity index (χ4v) is 1.76. The molecule has 0 saturated heterocycles. The number of carbonyl (C=O) groups excluding carboxylic acids is 1. The zero-order chi connectivity index (χ0) is 15.6. The fourth-order valence-electron chi connectivity index (χ4n) is 1.76. The number of hydrogen-bond donors (Lipinski definition) is 0. The van der Waals surface area contributed by atoms with E-state index >= 15 is 0 Å². The molecule has 0 heterocycles. The second-order valence-electron chi connectivity index (χ2n) is 4.35. The molecule has 0 radical (unpaired) electrons. The van der Waals surface area contributed by atoms with Crippen LogP contribution in [0.15, 0.2) is 36.4 Å². The van der Waals surface area contributed by atoms with Crippen LogP contribution >= 0.6 is 0 Å². The van der Waals surface area contributed by atoms with Crippen molar-refractivity contribution in [1.29, 1.82) is 0 Å². The third kappa shape index (κ3) is 3.59. The van der Waals surface area contributed by atoms with E-state index in [0.29, 0.717) is 12.1 Å². The molecule has 2 nitrogen and oxygen atoms in total. The van der Waals surface area contributed by atoms with Crippen molar-refractivity contribution < 1.29 is 27.1 Å². The molecule has 0 saturated carbocycles. The minimum absolute atomic E-state index is 0.198. The number of ether oxygens (including phenoxy) is 1. The summed E-state index contributed by atoms with van der Waals surface area (Å²) in [4.78, 5) is 12.0. The minimum atomic E-state index is -1.19. The van der Waals surface area contributed by atoms with E-state index in [2.05, 4.69) is 0 Å². The summed E-state index contributed by atoms with van der Waals surface area (Å²) in [6.07, 6.45) is -1.19. The van der Waals surface area contributed by atoms with Gasteiger partial charge in [-0.25, -0.2) is 17.6 Å². The Balaban J connectivity index is 2.19. The summed E-state index contributed by atoms with van der Waals surface area (Å²) in [6, 6.07) is 4.94. The van der Waals surface area contributed by atoms with Crippen LogP contribution < -0.4 is 4.74 Å². The molecular formula is C15H10F4O2. The Morgan fingerprint density at radius 2 is 1.57 bits per heavy atom. The lowest BCUT2D eigenvalue weighted by Crippen LogP contribution is -2.25. The Kier molecular flexibility index (Phi) is 4.26. The quantitative estimate of drug-likeness (QED) is 0.632. The van der Waals surface area contributed by atoms with Gasteiger partial charge in [-0.05, 0) is 19.1 Å². The average molecular weight is 298 g/mol. The molecule has 0 N–H and O–H groups in total. The molecule has 0 aliphatic rings. The van der Waals surface area contributed by atoms with Crippen LogP contribution in [-0.2, 0) is 0 Å². The first kappa shape index (κ1) is 15.0. The molecule has 0 amide bonds. The zero-order valence-corrected chi connectivity index (χ0v) is 10.9. The van der Waals surface area contributed by atoms with Gasteiger partial charge in [-0.1, -0.05) is 0 Å². The maximum atomic E-state index is 13.5. The first-order chi connectivity index (χ1) is 9.86. The maximum absolute atomic E-state index is 13.5. The third-order valence-corrected chi connectivity index (χ3v) is 2.71. The van der Waals surface area contributed by atoms with E-state index in [9.17, 15) is 22.4 Å². The summed E-state index contributed by atoms with van der Waals surface area (Å²) in [5.41, 5.74) is -0.360. The van der Waals surface area contributed by atoms with Crippen molar-refractivity contribution in [3.8, 4) is 5.75 Å². The van der Waals surface area contributed by atoms with E-state index in [1.807, 2.05) is 0 Å². The van der Waals surface area contributed by atoms with Gasteiger partial charge in [-0.15, -0.1) is 0 Å². The van der Waals surface area contributed by atoms with E-state index in [1.54, 1.807) is 0 Å². The predicted octanol–water partition coefficient (Wildman–Crippen LogP) is 3.89. The van der Waals surface area contributed by atoms with Gasteiger partial charge in [-0.2, -0.15) is 0 Å². The van der Waals surface area contributed by atoms with E-state index in [4.69, 9.17) is 4.74 Å². The lowest BCUT2D eigenvalue weighted by Gasteiger charge is -2.14. The van der Waals surface area contributed by atoms with Crippen molar-refractivity contribution in [3.05, 3.63) is 65.2 Å². The molecule has 2 rings (SSSR count). The first-order valence-corrected chi connectivity index (χ1v) is 5.99. The SMILES string of the molecule is CC(Oc1cc(F)cc(F)c1)C(=O)c1ccc(F)cc1F. The van der Waals surface area contributed by atoms with Gasteiger partial charge in [0.2, 0.25) is 5.78 Å². The maximum Gasteiger partial charge on any atom is 0.205 e. The Morgan fingerprint density at radius 3 is 2.14 bits per heavy atom. The van der Waals surface area contributed by atoms with Crippen LogP contribution in [0.4, 0.5) is 17.6 Å². The lowest BCUT2D eigenvalue weighted by molar-refractivity contribution is 0.0812. The summed E-state index contributed by atoms with van der Waals surface area (Å²) in [6.45, 7) is 1.30. The highest BCUT2D eigenvalue weighted by molar-refractivity contribution is 5.99. The van der Waals surface area contributed by atoms with Crippen molar-refractivity contribution in [2.45, 2.75) is 13.0 Å². The second-order valence-corrected chi connectivity index (χ2v) is 4.35. The van der Waals surface area contributed by atoms with Gasteiger partial charge < -0.3 is 4.74 Å². The van der Waals surface area contributed by atoms with Gasteiger partial charge in [-0.3, -0.25) is 4.79 Å². The summed E-state index contributed by atoms with van der Waals surface area (Å²) in [7, 11) is 0. The number of benzene rings is 2. The Bertz CT molecular complexity index is 665. The molecule has 0 fully saturated rings. The Labute approximate surface area is 118 Å². The van der Waals surface area contributed by atoms with Gasteiger partial charge in [0, 0.05) is 24.3 Å². The van der Waals surface area contributed by atoms with E-state index < -0.39 is 35.2 Å². The lowest BCUT2D eigenvalue weighted by atomic mass is 10.1. The van der Waals surface area contributed by atoms with E-state index in [-0.39, 0.29) is 11.3 Å². The van der Waals surface area contributed by atoms with Crippen molar-refractivity contribution in [3.63, 3.8) is 0 Å². The first-order valence-electron chi connectivity index (χ1n) is 5.99. The average Bonchev–Trinajstić information content (AvgIpc) is 2.36. The van der Waals surface area contributed by atoms with Crippen molar-refractivity contribution in [1.82, 2.24) is 0 Å². The van der Waals surface area contributed by atoms with Crippen molar-refractivity contribution >= 4 is 5.78 Å². The monoisotopic (exact) mass is 298 g/mol. The summed E-state index contributed by atoms with van der Waals surface area (Å²) in [5.74, 6) is -4.53. The van der Waals surface area contributed by atoms with Crippen molar-refractivity contribution in [2.24, 2.45) is 0 Å². The van der Waals surface area contributed by atoms with Crippen LogP contribution in [0.2, 0.25) is 0 Å². The molecule has 0 bridgehead atoms. The van der Waals surface area contributed by atoms with Crippen molar-refractivity contribution in [2.75, 3.05) is 0 Å². The van der Waals surface area contributed by atoms with Crippen LogP contribution in [0.5, 0.6) is 5.75 Å². The topological polar surface area (TPSA) is 26.3 Å². The standard InChI is InChI=1S/C15H10F4O2/c1-8(21-12-5-10(17)4-11(18)6-12)15(20)13-3-2-9(16)7-14(13)19/h2-8H,1H3. The highest BCUT2D eigenvalue weighted by Gasteiger charge is 2.21. The van der Waals surface area contributed by atoms with Crippen LogP contribution in [0.25, 0.3) is 0 Å². The number of rotatable bonds is 4. The van der Waals surface area contributed by atoms with Gasteiger partial charge in [0.25, 0.3) is 0 Å². The van der Waals surface area contributed by atoms with E-state index in [0.717, 1.165) is 24.3 Å². The molecule has 2 aromatic rings. The van der Waals surface area contributed by atoms with Gasteiger partial charge >= 0.3 is 0 Å². The summed E-state index contributed by atoms with van der Waals surface area (Å²) < 4.78 is 57.4. The number of carbonyl (C=O) groups is 1. The molecule has 6 heteroatoms. The highest BCUT2D eigenvalue weighted by Crippen LogP contribution is 2.19. The number of halogens is 4. The number of hydrogen-bond acceptors (Lipinski definition) is 2. The van der Waals surface area contributed by atoms with E-state index in [1.165, 1.54) is 6.92 Å². The fraction of sp³-hybridized carbons (Fsp3) is 0.133. The number of ketones is 1. The van der Waals surface area contributed by atoms with Crippen LogP contribution in [0, 0.1) is 23.3 Å². The Morgan fingerprint density at radius 1 is 0.952 bits per heavy atom. The Hall–Kier alpha value is -2.37.